The summed E-state index contributed by atoms with van der Waals surface area (Å²) in [6, 6.07) is 9.40. The van der Waals surface area contributed by atoms with Crippen LogP contribution < -0.4 is 10.2 Å². The average Bonchev–Trinajstić information content (AvgIpc) is 3.89. The van der Waals surface area contributed by atoms with Crippen LogP contribution in [0.5, 0.6) is 0 Å². The highest BCUT2D eigenvalue weighted by Gasteiger charge is 2.45. The molecule has 0 bridgehead atoms. The van der Waals surface area contributed by atoms with Gasteiger partial charge in [-0.15, -0.1) is 0 Å². The summed E-state index contributed by atoms with van der Waals surface area (Å²) in [5, 5.41) is 3.59. The number of hydrogen-bond donors (Lipinski definition) is 1. The minimum Gasteiger partial charge on any atom is -0.444 e. The van der Waals surface area contributed by atoms with Gasteiger partial charge in [-0.2, -0.15) is 4.98 Å². The maximum Gasteiger partial charge on any atom is 0.416 e. The van der Waals surface area contributed by atoms with E-state index in [0.29, 0.717) is 17.8 Å². The SMILES string of the molecule is C=CC(=O)N1CCN(C(CC2CC2)c2ccc(C3(Nc4ncc5c(n4)N(C(C)C)C(=O)OC5)CC3)cc2)CC1. The van der Waals surface area contributed by atoms with Crippen LogP contribution in [0.1, 0.15) is 68.7 Å². The van der Waals surface area contributed by atoms with E-state index in [-0.39, 0.29) is 30.2 Å². The number of amides is 2. The van der Waals surface area contributed by atoms with Crippen molar-refractivity contribution in [2.75, 3.05) is 36.4 Å². The van der Waals surface area contributed by atoms with Crippen LogP contribution in [0, 0.1) is 5.92 Å². The molecule has 3 fully saturated rings. The lowest BCUT2D eigenvalue weighted by Gasteiger charge is -2.39. The molecule has 2 amide bonds. The van der Waals surface area contributed by atoms with E-state index in [1.54, 1.807) is 11.1 Å². The Balaban J connectivity index is 1.18. The van der Waals surface area contributed by atoms with Crippen LogP contribution in [0.4, 0.5) is 16.6 Å². The number of benzene rings is 1. The number of nitrogens with one attached hydrogen (secondary N) is 1. The number of ether oxygens (including phenoxy) is 1. The number of rotatable bonds is 9. The highest BCUT2D eigenvalue weighted by molar-refractivity contribution is 5.89. The summed E-state index contributed by atoms with van der Waals surface area (Å²) in [7, 11) is 0. The Labute approximate surface area is 230 Å². The van der Waals surface area contributed by atoms with E-state index in [9.17, 15) is 9.59 Å². The van der Waals surface area contributed by atoms with Gasteiger partial charge < -0.3 is 15.0 Å². The fraction of sp³-hybridized carbons (Fsp3) is 0.533. The Morgan fingerprint density at radius 2 is 1.90 bits per heavy atom. The number of carbonyl (C=O) groups excluding carboxylic acids is 2. The molecule has 2 aliphatic carbocycles. The third kappa shape index (κ3) is 5.24. The minimum absolute atomic E-state index is 0.0275. The van der Waals surface area contributed by atoms with Crippen molar-refractivity contribution in [2.45, 2.75) is 70.2 Å². The molecule has 1 saturated heterocycles. The molecule has 2 saturated carbocycles. The molecule has 4 aliphatic rings. The van der Waals surface area contributed by atoms with Crippen LogP contribution in [0.15, 0.2) is 43.1 Å². The van der Waals surface area contributed by atoms with Gasteiger partial charge in [0.2, 0.25) is 11.9 Å². The highest BCUT2D eigenvalue weighted by atomic mass is 16.6. The van der Waals surface area contributed by atoms with Crippen molar-refractivity contribution in [1.82, 2.24) is 19.8 Å². The van der Waals surface area contributed by atoms with Crippen molar-refractivity contribution in [3.05, 3.63) is 59.8 Å². The maximum atomic E-state index is 12.4. The molecule has 6 rings (SSSR count). The number of hydrogen-bond acceptors (Lipinski definition) is 7. The average molecular weight is 531 g/mol. The van der Waals surface area contributed by atoms with Gasteiger partial charge in [-0.05, 0) is 56.2 Å². The predicted octanol–water partition coefficient (Wildman–Crippen LogP) is 4.61. The van der Waals surface area contributed by atoms with E-state index < -0.39 is 0 Å². The zero-order chi connectivity index (χ0) is 27.1. The smallest absolute Gasteiger partial charge is 0.416 e. The molecule has 206 valence electrons. The number of fused-ring (bicyclic) bond motifs is 1. The van der Waals surface area contributed by atoms with Crippen molar-refractivity contribution in [1.29, 1.82) is 0 Å². The molecule has 1 aromatic heterocycles. The van der Waals surface area contributed by atoms with Crippen molar-refractivity contribution in [3.8, 4) is 0 Å². The third-order valence-electron chi connectivity index (χ3n) is 8.58. The molecule has 1 N–H and O–H groups in total. The van der Waals surface area contributed by atoms with Crippen LogP contribution in [-0.2, 0) is 21.7 Å². The number of carbonyl (C=O) groups is 2. The first-order valence-corrected chi connectivity index (χ1v) is 14.2. The standard InChI is InChI=1S/C30H38N6O3/c1-4-26(37)35-15-13-34(14-16-35)25(17-21-5-6-21)22-7-9-24(10-8-22)30(11-12-30)33-28-31-18-23-19-39-29(38)36(20(2)3)27(23)32-28/h4,7-10,18,20-21,25H,1,5-6,11-17,19H2,2-3H3,(H,31,32,33). The maximum absolute atomic E-state index is 12.4. The van der Waals surface area contributed by atoms with Crippen molar-refractivity contribution < 1.29 is 14.3 Å². The minimum atomic E-state index is -0.367. The Morgan fingerprint density at radius 1 is 1.18 bits per heavy atom. The summed E-state index contributed by atoms with van der Waals surface area (Å²) in [6.45, 7) is 11.0. The number of nitrogens with zero attached hydrogens (tertiary/aromatic N) is 5. The van der Waals surface area contributed by atoms with Gasteiger partial charge in [0.05, 0.1) is 11.1 Å². The molecule has 0 spiro atoms. The number of aromatic nitrogens is 2. The molecule has 0 radical (unpaired) electrons. The van der Waals surface area contributed by atoms with Gasteiger partial charge in [0.1, 0.15) is 12.4 Å². The summed E-state index contributed by atoms with van der Waals surface area (Å²) in [5.74, 6) is 2.00. The van der Waals surface area contributed by atoms with Gasteiger partial charge >= 0.3 is 6.09 Å². The van der Waals surface area contributed by atoms with Crippen molar-refractivity contribution in [2.24, 2.45) is 5.92 Å². The second-order valence-electron chi connectivity index (χ2n) is 11.7. The van der Waals surface area contributed by atoms with Gasteiger partial charge in [0.25, 0.3) is 0 Å². The van der Waals surface area contributed by atoms with Crippen LogP contribution in [-0.4, -0.2) is 64.0 Å². The fourth-order valence-electron chi connectivity index (χ4n) is 5.92. The van der Waals surface area contributed by atoms with Crippen LogP contribution >= 0.6 is 0 Å². The molecule has 3 heterocycles. The molecule has 9 heteroatoms. The van der Waals surface area contributed by atoms with Crippen LogP contribution in [0.25, 0.3) is 0 Å². The van der Waals surface area contributed by atoms with Gasteiger partial charge in [0.15, 0.2) is 0 Å². The normalized spacial score (nSPS) is 21.3. The summed E-state index contributed by atoms with van der Waals surface area (Å²) >= 11 is 0. The second kappa shape index (κ2) is 10.3. The second-order valence-corrected chi connectivity index (χ2v) is 11.7. The molecule has 1 atom stereocenters. The lowest BCUT2D eigenvalue weighted by Crippen LogP contribution is -2.49. The van der Waals surface area contributed by atoms with Crippen LogP contribution in [0.2, 0.25) is 0 Å². The molecular weight excluding hydrogens is 492 g/mol. The van der Waals surface area contributed by atoms with E-state index in [0.717, 1.165) is 50.5 Å². The van der Waals surface area contributed by atoms with E-state index in [1.807, 2.05) is 18.7 Å². The summed E-state index contributed by atoms with van der Waals surface area (Å²) in [6.07, 6.45) is 8.65. The monoisotopic (exact) mass is 530 g/mol. The van der Waals surface area contributed by atoms with E-state index in [1.165, 1.54) is 36.5 Å². The first-order chi connectivity index (χ1) is 18.9. The summed E-state index contributed by atoms with van der Waals surface area (Å²) in [5.41, 5.74) is 3.22. The Hall–Kier alpha value is -3.46. The van der Waals surface area contributed by atoms with Gasteiger partial charge in [-0.25, -0.2) is 9.78 Å². The Kier molecular flexibility index (Phi) is 6.79. The summed E-state index contributed by atoms with van der Waals surface area (Å²) in [4.78, 5) is 39.8. The van der Waals surface area contributed by atoms with Crippen LogP contribution in [0.3, 0.4) is 0 Å². The number of cyclic esters (lactones) is 1. The Bertz CT molecular complexity index is 1250. The highest BCUT2D eigenvalue weighted by Crippen LogP contribution is 2.49. The van der Waals surface area contributed by atoms with Gasteiger partial charge in [-0.1, -0.05) is 43.7 Å². The fourth-order valence-corrected chi connectivity index (χ4v) is 5.92. The van der Waals surface area contributed by atoms with Crippen molar-refractivity contribution >= 4 is 23.8 Å². The predicted molar refractivity (Wildman–Crippen MR) is 149 cm³/mol. The summed E-state index contributed by atoms with van der Waals surface area (Å²) < 4.78 is 5.29. The molecule has 1 unspecified atom stereocenters. The van der Waals surface area contributed by atoms with Gasteiger partial charge in [0, 0.05) is 44.5 Å². The molecule has 1 aromatic carbocycles. The molecule has 39 heavy (non-hydrogen) atoms. The quantitative estimate of drug-likeness (QED) is 0.473. The van der Waals surface area contributed by atoms with Gasteiger partial charge in [-0.3, -0.25) is 14.6 Å². The van der Waals surface area contributed by atoms with E-state index in [2.05, 4.69) is 46.0 Å². The van der Waals surface area contributed by atoms with Crippen molar-refractivity contribution in [3.63, 3.8) is 0 Å². The Morgan fingerprint density at radius 3 is 2.51 bits per heavy atom. The number of anilines is 2. The molecule has 2 aromatic rings. The molecular formula is C30H38N6O3. The molecule has 9 nitrogen and oxygen atoms in total. The zero-order valence-corrected chi connectivity index (χ0v) is 22.9. The largest absolute Gasteiger partial charge is 0.444 e. The van der Waals surface area contributed by atoms with E-state index >= 15 is 0 Å². The van der Waals surface area contributed by atoms with E-state index in [4.69, 9.17) is 9.72 Å². The first kappa shape index (κ1) is 25.8. The first-order valence-electron chi connectivity index (χ1n) is 14.2. The molecule has 2 aliphatic heterocycles. The lowest BCUT2D eigenvalue weighted by atomic mass is 9.95. The zero-order valence-electron chi connectivity index (χ0n) is 22.9. The number of piperazine rings is 1. The lowest BCUT2D eigenvalue weighted by molar-refractivity contribution is -0.128. The topological polar surface area (TPSA) is 90.9 Å². The third-order valence-corrected chi connectivity index (χ3v) is 8.58.